The van der Waals surface area contributed by atoms with Gasteiger partial charge in [-0.25, -0.2) is 0 Å². The lowest BCUT2D eigenvalue weighted by atomic mass is 10.2. The Morgan fingerprint density at radius 1 is 1.17 bits per heavy atom. The van der Waals surface area contributed by atoms with Gasteiger partial charge in [-0.15, -0.1) is 0 Å². The van der Waals surface area contributed by atoms with Crippen molar-refractivity contribution in [3.63, 3.8) is 0 Å². The van der Waals surface area contributed by atoms with Crippen LogP contribution in [0.4, 0.5) is 5.69 Å². The number of carbonyl (C=O) groups is 3. The van der Waals surface area contributed by atoms with Crippen molar-refractivity contribution in [1.82, 2.24) is 9.80 Å². The number of piperazine rings is 1. The minimum Gasteiger partial charge on any atom is -0.342 e. The van der Waals surface area contributed by atoms with E-state index in [1.54, 1.807) is 28.0 Å². The Morgan fingerprint density at radius 2 is 1.74 bits per heavy atom. The van der Waals surface area contributed by atoms with Gasteiger partial charge in [-0.3, -0.25) is 14.4 Å². The molecule has 1 aromatic carbocycles. The summed E-state index contributed by atoms with van der Waals surface area (Å²) in [6.07, 6.45) is 0.771. The van der Waals surface area contributed by atoms with E-state index < -0.39 is 0 Å². The third-order valence-electron chi connectivity index (χ3n) is 3.70. The maximum atomic E-state index is 12.4. The highest BCUT2D eigenvalue weighted by atomic mass is 35.5. The summed E-state index contributed by atoms with van der Waals surface area (Å²) in [6.45, 7) is 3.08. The van der Waals surface area contributed by atoms with Crippen LogP contribution in [0.1, 0.15) is 6.92 Å². The minimum atomic E-state index is -0.320. The maximum Gasteiger partial charge on any atom is 0.242 e. The van der Waals surface area contributed by atoms with Crippen molar-refractivity contribution in [3.05, 3.63) is 28.2 Å². The van der Waals surface area contributed by atoms with Gasteiger partial charge in [0.2, 0.25) is 18.2 Å². The molecule has 0 N–H and O–H groups in total. The van der Waals surface area contributed by atoms with Crippen LogP contribution in [0, 0.1) is 0 Å². The Morgan fingerprint density at radius 3 is 2.22 bits per heavy atom. The van der Waals surface area contributed by atoms with Crippen molar-refractivity contribution in [2.24, 2.45) is 0 Å². The molecule has 2 rings (SSSR count). The average molecular weight is 358 g/mol. The molecule has 1 aromatic rings. The van der Waals surface area contributed by atoms with E-state index in [0.717, 1.165) is 6.41 Å². The molecule has 0 atom stereocenters. The van der Waals surface area contributed by atoms with Gasteiger partial charge in [-0.05, 0) is 12.1 Å². The van der Waals surface area contributed by atoms with Gasteiger partial charge in [0.05, 0.1) is 15.7 Å². The largest absolute Gasteiger partial charge is 0.342 e. The molecule has 1 heterocycles. The number of halogens is 2. The molecule has 0 spiro atoms. The topological polar surface area (TPSA) is 60.9 Å². The number of anilines is 1. The molecule has 1 aliphatic rings. The normalized spacial score (nSPS) is 14.6. The second-order valence-corrected chi connectivity index (χ2v) is 6.01. The molecule has 0 bridgehead atoms. The predicted octanol–water partition coefficient (Wildman–Crippen LogP) is 1.65. The molecule has 1 fully saturated rings. The molecule has 0 unspecified atom stereocenters. The summed E-state index contributed by atoms with van der Waals surface area (Å²) in [4.78, 5) is 39.6. The number of benzene rings is 1. The van der Waals surface area contributed by atoms with E-state index in [9.17, 15) is 14.4 Å². The summed E-state index contributed by atoms with van der Waals surface area (Å²) in [5.41, 5.74) is 0.336. The van der Waals surface area contributed by atoms with Crippen LogP contribution in [0.5, 0.6) is 0 Å². The molecule has 1 saturated heterocycles. The van der Waals surface area contributed by atoms with Crippen LogP contribution < -0.4 is 4.90 Å². The summed E-state index contributed by atoms with van der Waals surface area (Å²) in [6, 6.07) is 4.91. The van der Waals surface area contributed by atoms with Crippen LogP contribution >= 0.6 is 23.2 Å². The van der Waals surface area contributed by atoms with Gasteiger partial charge < -0.3 is 14.7 Å². The number of carbonyl (C=O) groups excluding carboxylic acids is 3. The number of rotatable bonds is 4. The van der Waals surface area contributed by atoms with Gasteiger partial charge in [0.15, 0.2) is 0 Å². The quantitative estimate of drug-likeness (QED) is 0.769. The number of hydrogen-bond acceptors (Lipinski definition) is 3. The summed E-state index contributed by atoms with van der Waals surface area (Å²) >= 11 is 12.3. The lowest BCUT2D eigenvalue weighted by Crippen LogP contribution is -2.51. The fourth-order valence-electron chi connectivity index (χ4n) is 2.41. The SMILES string of the molecule is CC(=O)N(CC(=O)N1CCN(C=O)CC1)c1c(Cl)cccc1Cl. The van der Waals surface area contributed by atoms with Crippen molar-refractivity contribution in [2.45, 2.75) is 6.92 Å². The Hall–Kier alpha value is -1.79. The molecule has 6 nitrogen and oxygen atoms in total. The van der Waals surface area contributed by atoms with E-state index in [1.165, 1.54) is 11.8 Å². The molecule has 0 aliphatic carbocycles. The van der Waals surface area contributed by atoms with Crippen molar-refractivity contribution in [1.29, 1.82) is 0 Å². The first-order valence-electron chi connectivity index (χ1n) is 7.13. The van der Waals surface area contributed by atoms with Crippen LogP contribution in [-0.2, 0) is 14.4 Å². The van der Waals surface area contributed by atoms with Crippen molar-refractivity contribution < 1.29 is 14.4 Å². The first-order chi connectivity index (χ1) is 10.9. The number of nitrogens with zero attached hydrogens (tertiary/aromatic N) is 3. The van der Waals surface area contributed by atoms with Crippen LogP contribution in [0.25, 0.3) is 0 Å². The van der Waals surface area contributed by atoms with Crippen molar-refractivity contribution >= 4 is 47.1 Å². The molecule has 3 amide bonds. The molecular formula is C15H17Cl2N3O3. The standard InChI is InChI=1S/C15H17Cl2N3O3/c1-11(22)20(15-12(16)3-2-4-13(15)17)9-14(23)19-7-5-18(10-21)6-8-19/h2-4,10H,5-9H2,1H3. The Kier molecular flexibility index (Phi) is 5.85. The summed E-state index contributed by atoms with van der Waals surface area (Å²) in [5.74, 6) is -0.526. The Labute approximate surface area is 144 Å². The van der Waals surface area contributed by atoms with Gasteiger partial charge in [0.25, 0.3) is 0 Å². The first kappa shape index (κ1) is 17.6. The third-order valence-corrected chi connectivity index (χ3v) is 4.31. The lowest BCUT2D eigenvalue weighted by Gasteiger charge is -2.34. The Bertz CT molecular complexity index is 596. The predicted molar refractivity (Wildman–Crippen MR) is 88.7 cm³/mol. The second-order valence-electron chi connectivity index (χ2n) is 5.20. The maximum absolute atomic E-state index is 12.4. The molecule has 1 aliphatic heterocycles. The highest BCUT2D eigenvalue weighted by Gasteiger charge is 2.25. The van der Waals surface area contributed by atoms with Gasteiger partial charge >= 0.3 is 0 Å². The summed E-state index contributed by atoms with van der Waals surface area (Å²) in [7, 11) is 0. The van der Waals surface area contributed by atoms with Crippen LogP contribution in [0.2, 0.25) is 10.0 Å². The Balaban J connectivity index is 2.13. The molecular weight excluding hydrogens is 341 g/mol. The highest BCUT2D eigenvalue weighted by Crippen LogP contribution is 2.33. The third kappa shape index (κ3) is 4.14. The summed E-state index contributed by atoms with van der Waals surface area (Å²) < 4.78 is 0. The number of amides is 3. The van der Waals surface area contributed by atoms with E-state index in [4.69, 9.17) is 23.2 Å². The molecule has 23 heavy (non-hydrogen) atoms. The molecule has 0 saturated carbocycles. The molecule has 8 heteroatoms. The zero-order valence-electron chi connectivity index (χ0n) is 12.7. The van der Waals surface area contributed by atoms with E-state index in [1.807, 2.05) is 0 Å². The monoisotopic (exact) mass is 357 g/mol. The van der Waals surface area contributed by atoms with Gasteiger partial charge in [0.1, 0.15) is 6.54 Å². The zero-order chi connectivity index (χ0) is 17.0. The first-order valence-corrected chi connectivity index (χ1v) is 7.89. The fourth-order valence-corrected chi connectivity index (χ4v) is 3.01. The van der Waals surface area contributed by atoms with Crippen molar-refractivity contribution in [2.75, 3.05) is 37.6 Å². The average Bonchev–Trinajstić information content (AvgIpc) is 2.53. The molecule has 0 radical (unpaired) electrons. The minimum absolute atomic E-state index is 0.139. The highest BCUT2D eigenvalue weighted by molar-refractivity contribution is 6.40. The second kappa shape index (κ2) is 7.66. The van der Waals surface area contributed by atoms with Gasteiger partial charge in [-0.2, -0.15) is 0 Å². The van der Waals surface area contributed by atoms with Crippen LogP contribution in [-0.4, -0.2) is 60.7 Å². The van der Waals surface area contributed by atoms with Gasteiger partial charge in [-0.1, -0.05) is 29.3 Å². The fraction of sp³-hybridized carbons (Fsp3) is 0.400. The molecule has 124 valence electrons. The smallest absolute Gasteiger partial charge is 0.242 e. The molecule has 0 aromatic heterocycles. The van der Waals surface area contributed by atoms with Crippen molar-refractivity contribution in [3.8, 4) is 0 Å². The van der Waals surface area contributed by atoms with E-state index >= 15 is 0 Å². The van der Waals surface area contributed by atoms with E-state index in [2.05, 4.69) is 0 Å². The van der Waals surface area contributed by atoms with Gasteiger partial charge in [0, 0.05) is 33.1 Å². The van der Waals surface area contributed by atoms with E-state index in [-0.39, 0.29) is 18.4 Å². The lowest BCUT2D eigenvalue weighted by molar-refractivity contribution is -0.134. The van der Waals surface area contributed by atoms with Crippen LogP contribution in [0.15, 0.2) is 18.2 Å². The van der Waals surface area contributed by atoms with E-state index in [0.29, 0.717) is 41.9 Å². The number of hydrogen-bond donors (Lipinski definition) is 0. The van der Waals surface area contributed by atoms with Crippen LogP contribution in [0.3, 0.4) is 0 Å². The number of para-hydroxylation sites is 1. The summed E-state index contributed by atoms with van der Waals surface area (Å²) in [5, 5.41) is 0.623. The zero-order valence-corrected chi connectivity index (χ0v) is 14.2.